The van der Waals surface area contributed by atoms with Crippen LogP contribution in [0.25, 0.3) is 0 Å². The molecule has 1 nitrogen and oxygen atoms in total. The van der Waals surface area contributed by atoms with Gasteiger partial charge in [-0.25, -0.2) is 0 Å². The minimum Gasteiger partial charge on any atom is -0.326 e. The largest absolute Gasteiger partial charge is 0.326 e. The fraction of sp³-hybridized carbons (Fsp3) is 1.00. The molecule has 0 saturated carbocycles. The van der Waals surface area contributed by atoms with E-state index in [1.165, 1.54) is 0 Å². The summed E-state index contributed by atoms with van der Waals surface area (Å²) in [5.41, 5.74) is 5.58. The molecule has 0 bridgehead atoms. The van der Waals surface area contributed by atoms with Gasteiger partial charge in [0.25, 0.3) is 0 Å². The molecule has 0 aliphatic carbocycles. The normalized spacial score (nSPS) is 7.64. The van der Waals surface area contributed by atoms with E-state index in [1.807, 2.05) is 41.5 Å². The van der Waals surface area contributed by atoms with Crippen LogP contribution in [0.5, 0.6) is 0 Å². The van der Waals surface area contributed by atoms with Crippen molar-refractivity contribution in [2.45, 2.75) is 60.4 Å². The summed E-state index contributed by atoms with van der Waals surface area (Å²) in [6.07, 6.45) is 1.05. The Balaban J connectivity index is -0.0000000428. The molecule has 0 saturated heterocycles. The third-order valence-corrected chi connectivity index (χ3v) is 0.911. The molecule has 11 heavy (non-hydrogen) atoms. The molecule has 0 aromatic rings. The van der Waals surface area contributed by atoms with E-state index in [0.717, 1.165) is 6.42 Å². The Labute approximate surface area is 98.4 Å². The first-order chi connectivity index (χ1) is 4.56. The van der Waals surface area contributed by atoms with Gasteiger partial charge in [-0.2, -0.15) is 0 Å². The molecular formula is C9H25NY. The summed E-state index contributed by atoms with van der Waals surface area (Å²) >= 11 is 0. The molecule has 0 spiro atoms. The topological polar surface area (TPSA) is 26.0 Å². The molecule has 1 radical (unpaired) electrons. The van der Waals surface area contributed by atoms with Gasteiger partial charge in [-0.05, 0) is 20.3 Å². The van der Waals surface area contributed by atoms with Gasteiger partial charge in [0.2, 0.25) is 0 Å². The van der Waals surface area contributed by atoms with Crippen LogP contribution in [0, 0.1) is 0 Å². The smallest absolute Gasteiger partial charge is 0.00944 e. The number of hydrogen-bond acceptors (Lipinski definition) is 1. The fourth-order valence-corrected chi connectivity index (χ4v) is 0. The van der Waals surface area contributed by atoms with Crippen LogP contribution < -0.4 is 5.73 Å². The predicted octanol–water partition coefficient (Wildman–Crippen LogP) is 3.18. The quantitative estimate of drug-likeness (QED) is 0.743. The molecule has 0 aromatic heterocycles. The first-order valence-corrected chi connectivity index (χ1v) is 4.35. The van der Waals surface area contributed by atoms with Gasteiger partial charge in [-0.3, -0.25) is 0 Å². The van der Waals surface area contributed by atoms with E-state index in [0.29, 0.717) is 0 Å². The van der Waals surface area contributed by atoms with Gasteiger partial charge in [-0.15, -0.1) is 0 Å². The minimum absolute atomic E-state index is 0. The maximum Gasteiger partial charge on any atom is 0.00944 e. The molecule has 0 fully saturated rings. The van der Waals surface area contributed by atoms with Crippen LogP contribution in [0.4, 0.5) is 0 Å². The third-order valence-electron chi connectivity index (χ3n) is 0.911. The van der Waals surface area contributed by atoms with Crippen molar-refractivity contribution in [2.24, 2.45) is 5.73 Å². The van der Waals surface area contributed by atoms with Crippen molar-refractivity contribution < 1.29 is 32.7 Å². The minimum atomic E-state index is 0. The van der Waals surface area contributed by atoms with E-state index in [4.69, 9.17) is 5.73 Å². The molecule has 0 aliphatic heterocycles. The standard InChI is InChI=1S/C5H13N.2C2H6.Y/c1-4-5(2,3)6;2*1-2;/h4,6H2,1-3H3;2*1-2H3;. The third kappa shape index (κ3) is 55.0. The molecule has 0 rings (SSSR count). The Morgan fingerprint density at radius 1 is 1.00 bits per heavy atom. The van der Waals surface area contributed by atoms with Gasteiger partial charge < -0.3 is 5.73 Å². The van der Waals surface area contributed by atoms with E-state index in [1.54, 1.807) is 0 Å². The van der Waals surface area contributed by atoms with Crippen LogP contribution in [0.2, 0.25) is 0 Å². The summed E-state index contributed by atoms with van der Waals surface area (Å²) in [4.78, 5) is 0. The summed E-state index contributed by atoms with van der Waals surface area (Å²) in [7, 11) is 0. The van der Waals surface area contributed by atoms with Crippen molar-refractivity contribution in [3.05, 3.63) is 0 Å². The first kappa shape index (κ1) is 22.7. The molecule has 0 amide bonds. The van der Waals surface area contributed by atoms with Gasteiger partial charge >= 0.3 is 0 Å². The predicted molar refractivity (Wildman–Crippen MR) is 51.3 cm³/mol. The number of hydrogen-bond donors (Lipinski definition) is 1. The number of rotatable bonds is 1. The zero-order chi connectivity index (χ0) is 9.21. The summed E-state index contributed by atoms with van der Waals surface area (Å²) in [5, 5.41) is 0. The van der Waals surface area contributed by atoms with Crippen LogP contribution in [-0.2, 0) is 32.7 Å². The summed E-state index contributed by atoms with van der Waals surface area (Å²) in [6.45, 7) is 14.1. The van der Waals surface area contributed by atoms with E-state index in [-0.39, 0.29) is 38.2 Å². The van der Waals surface area contributed by atoms with E-state index < -0.39 is 0 Å². The monoisotopic (exact) mass is 236 g/mol. The second-order valence-electron chi connectivity index (χ2n) is 2.34. The average Bonchev–Trinajstić information content (AvgIpc) is 1.95. The van der Waals surface area contributed by atoms with Crippen molar-refractivity contribution in [1.82, 2.24) is 0 Å². The Kier molecular flexibility index (Phi) is 35.6. The van der Waals surface area contributed by atoms with Gasteiger partial charge in [0, 0.05) is 38.2 Å². The van der Waals surface area contributed by atoms with Crippen LogP contribution in [0.15, 0.2) is 0 Å². The molecule has 0 unspecified atom stereocenters. The molecular weight excluding hydrogens is 211 g/mol. The van der Waals surface area contributed by atoms with Crippen LogP contribution >= 0.6 is 0 Å². The van der Waals surface area contributed by atoms with Gasteiger partial charge in [0.05, 0.1) is 0 Å². The maximum atomic E-state index is 5.53. The Morgan fingerprint density at radius 2 is 1.09 bits per heavy atom. The second kappa shape index (κ2) is 17.2. The maximum absolute atomic E-state index is 5.53. The van der Waals surface area contributed by atoms with Gasteiger partial charge in [0.1, 0.15) is 0 Å². The van der Waals surface area contributed by atoms with Crippen molar-refractivity contribution in [3.8, 4) is 0 Å². The molecule has 0 heterocycles. The van der Waals surface area contributed by atoms with E-state index >= 15 is 0 Å². The molecule has 0 aliphatic rings. The average molecular weight is 236 g/mol. The second-order valence-corrected chi connectivity index (χ2v) is 2.34. The molecule has 2 heteroatoms. The zero-order valence-electron chi connectivity index (χ0n) is 9.36. The number of nitrogens with two attached hydrogens (primary N) is 1. The fourth-order valence-electron chi connectivity index (χ4n) is 0. The Bertz CT molecular complexity index is 39.3. The molecule has 0 atom stereocenters. The first-order valence-electron chi connectivity index (χ1n) is 4.35. The van der Waals surface area contributed by atoms with Crippen molar-refractivity contribution in [3.63, 3.8) is 0 Å². The van der Waals surface area contributed by atoms with Crippen LogP contribution in [0.3, 0.4) is 0 Å². The van der Waals surface area contributed by atoms with Crippen LogP contribution in [0.1, 0.15) is 54.9 Å². The van der Waals surface area contributed by atoms with Crippen molar-refractivity contribution in [2.75, 3.05) is 0 Å². The van der Waals surface area contributed by atoms with Gasteiger partial charge in [0.15, 0.2) is 0 Å². The Morgan fingerprint density at radius 3 is 1.09 bits per heavy atom. The van der Waals surface area contributed by atoms with Gasteiger partial charge in [-0.1, -0.05) is 34.6 Å². The van der Waals surface area contributed by atoms with E-state index in [9.17, 15) is 0 Å². The van der Waals surface area contributed by atoms with Crippen molar-refractivity contribution in [1.29, 1.82) is 0 Å². The molecule has 0 aromatic carbocycles. The SMILES string of the molecule is CC.CC.CCC(C)(C)N.[Y]. The van der Waals surface area contributed by atoms with Crippen LogP contribution in [-0.4, -0.2) is 5.54 Å². The molecule has 2 N–H and O–H groups in total. The summed E-state index contributed by atoms with van der Waals surface area (Å²) < 4.78 is 0. The zero-order valence-corrected chi connectivity index (χ0v) is 12.2. The molecule has 69 valence electrons. The van der Waals surface area contributed by atoms with Crippen molar-refractivity contribution >= 4 is 0 Å². The summed E-state index contributed by atoms with van der Waals surface area (Å²) in [5.74, 6) is 0. The Hall–Kier alpha value is 1.06. The summed E-state index contributed by atoms with van der Waals surface area (Å²) in [6, 6.07) is 0. The van der Waals surface area contributed by atoms with E-state index in [2.05, 4.69) is 6.92 Å².